The van der Waals surface area contributed by atoms with Crippen LogP contribution in [-0.4, -0.2) is 5.78 Å². The molecule has 0 spiro atoms. The van der Waals surface area contributed by atoms with Crippen LogP contribution in [0.15, 0.2) is 0 Å². The molecule has 2 aliphatic carbocycles. The molecule has 2 rings (SSSR count). The highest BCUT2D eigenvalue weighted by atomic mass is 16.1. The molecule has 0 bridgehead atoms. The SMILES string of the molecule is CC(C)[C@@]12CC[C@@H](C)[C@H]1C2=O. The van der Waals surface area contributed by atoms with E-state index < -0.39 is 0 Å². The van der Waals surface area contributed by atoms with E-state index in [1.54, 1.807) is 0 Å². The Kier molecular flexibility index (Phi) is 1.25. The molecule has 62 valence electrons. The van der Waals surface area contributed by atoms with Crippen LogP contribution in [-0.2, 0) is 4.79 Å². The summed E-state index contributed by atoms with van der Waals surface area (Å²) in [7, 11) is 0. The molecule has 0 radical (unpaired) electrons. The van der Waals surface area contributed by atoms with Crippen LogP contribution in [0.5, 0.6) is 0 Å². The average molecular weight is 152 g/mol. The lowest BCUT2D eigenvalue weighted by Crippen LogP contribution is -2.10. The van der Waals surface area contributed by atoms with E-state index in [1.807, 2.05) is 0 Å². The summed E-state index contributed by atoms with van der Waals surface area (Å²) >= 11 is 0. The van der Waals surface area contributed by atoms with Crippen molar-refractivity contribution in [2.45, 2.75) is 33.6 Å². The van der Waals surface area contributed by atoms with E-state index in [2.05, 4.69) is 20.8 Å². The number of hydrogen-bond donors (Lipinski definition) is 0. The minimum absolute atomic E-state index is 0.152. The zero-order valence-corrected chi connectivity index (χ0v) is 7.55. The molecule has 0 saturated heterocycles. The van der Waals surface area contributed by atoms with E-state index in [0.29, 0.717) is 23.5 Å². The van der Waals surface area contributed by atoms with Crippen molar-refractivity contribution < 1.29 is 4.79 Å². The average Bonchev–Trinajstić information content (AvgIpc) is 2.32. The van der Waals surface area contributed by atoms with E-state index in [4.69, 9.17) is 0 Å². The lowest BCUT2D eigenvalue weighted by molar-refractivity contribution is -0.115. The van der Waals surface area contributed by atoms with Crippen molar-refractivity contribution in [1.82, 2.24) is 0 Å². The van der Waals surface area contributed by atoms with Crippen molar-refractivity contribution in [1.29, 1.82) is 0 Å². The monoisotopic (exact) mass is 152 g/mol. The van der Waals surface area contributed by atoms with Gasteiger partial charge in [0.15, 0.2) is 0 Å². The van der Waals surface area contributed by atoms with Gasteiger partial charge >= 0.3 is 0 Å². The Morgan fingerprint density at radius 1 is 1.55 bits per heavy atom. The number of carbonyl (C=O) groups excluding carboxylic acids is 1. The van der Waals surface area contributed by atoms with E-state index in [9.17, 15) is 4.79 Å². The summed E-state index contributed by atoms with van der Waals surface area (Å²) in [4.78, 5) is 11.5. The van der Waals surface area contributed by atoms with E-state index in [1.165, 1.54) is 6.42 Å². The van der Waals surface area contributed by atoms with Crippen molar-refractivity contribution >= 4 is 5.78 Å². The molecule has 0 aromatic carbocycles. The standard InChI is InChI=1S/C10H16O/c1-6(2)10-5-4-7(3)8(10)9(10)11/h6-8H,4-5H2,1-3H3/t7-,8+,10+/m1/s1. The first-order valence-corrected chi connectivity index (χ1v) is 4.65. The highest BCUT2D eigenvalue weighted by Crippen LogP contribution is 2.66. The molecule has 0 unspecified atom stereocenters. The summed E-state index contributed by atoms with van der Waals surface area (Å²) in [6.45, 7) is 6.60. The molecule has 2 aliphatic rings. The highest BCUT2D eigenvalue weighted by molar-refractivity contribution is 6.05. The van der Waals surface area contributed by atoms with E-state index >= 15 is 0 Å². The van der Waals surface area contributed by atoms with Crippen LogP contribution in [0, 0.1) is 23.2 Å². The van der Waals surface area contributed by atoms with Crippen LogP contribution in [0.3, 0.4) is 0 Å². The molecular formula is C10H16O. The number of fused-ring (bicyclic) bond motifs is 1. The van der Waals surface area contributed by atoms with Gasteiger partial charge in [0, 0.05) is 11.3 Å². The predicted molar refractivity (Wildman–Crippen MR) is 44.2 cm³/mol. The Labute approximate surface area is 68.2 Å². The highest BCUT2D eigenvalue weighted by Gasteiger charge is 2.70. The van der Waals surface area contributed by atoms with Gasteiger partial charge in [-0.3, -0.25) is 4.79 Å². The van der Waals surface area contributed by atoms with Crippen LogP contribution < -0.4 is 0 Å². The Hall–Kier alpha value is -0.330. The minimum atomic E-state index is 0.152. The largest absolute Gasteiger partial charge is 0.299 e. The van der Waals surface area contributed by atoms with Gasteiger partial charge in [-0.1, -0.05) is 20.8 Å². The molecule has 11 heavy (non-hydrogen) atoms. The van der Waals surface area contributed by atoms with Gasteiger partial charge in [-0.2, -0.15) is 0 Å². The van der Waals surface area contributed by atoms with Crippen molar-refractivity contribution in [3.8, 4) is 0 Å². The molecule has 0 amide bonds. The van der Waals surface area contributed by atoms with Gasteiger partial charge in [-0.05, 0) is 24.7 Å². The van der Waals surface area contributed by atoms with Gasteiger partial charge in [-0.15, -0.1) is 0 Å². The third-order valence-electron chi connectivity index (χ3n) is 3.83. The van der Waals surface area contributed by atoms with Crippen molar-refractivity contribution in [3.63, 3.8) is 0 Å². The zero-order chi connectivity index (χ0) is 8.22. The molecule has 2 saturated carbocycles. The number of ketones is 1. The molecule has 0 heterocycles. The fourth-order valence-corrected chi connectivity index (χ4v) is 3.00. The third-order valence-corrected chi connectivity index (χ3v) is 3.83. The Balaban J connectivity index is 2.25. The lowest BCUT2D eigenvalue weighted by Gasteiger charge is -2.12. The summed E-state index contributed by atoms with van der Waals surface area (Å²) < 4.78 is 0. The summed E-state index contributed by atoms with van der Waals surface area (Å²) in [5.41, 5.74) is 0.152. The number of hydrogen-bond acceptors (Lipinski definition) is 1. The maximum absolute atomic E-state index is 11.5. The first-order valence-electron chi connectivity index (χ1n) is 4.65. The first kappa shape index (κ1) is 7.33. The van der Waals surface area contributed by atoms with Crippen LogP contribution in [0.2, 0.25) is 0 Å². The van der Waals surface area contributed by atoms with E-state index in [0.717, 1.165) is 6.42 Å². The quantitative estimate of drug-likeness (QED) is 0.563. The lowest BCUT2D eigenvalue weighted by atomic mass is 9.90. The second kappa shape index (κ2) is 1.88. The van der Waals surface area contributed by atoms with Gasteiger partial charge in [0.1, 0.15) is 5.78 Å². The molecule has 0 N–H and O–H groups in total. The first-order chi connectivity index (χ1) is 5.10. The van der Waals surface area contributed by atoms with Crippen LogP contribution in [0.4, 0.5) is 0 Å². The molecular weight excluding hydrogens is 136 g/mol. The fraction of sp³-hybridized carbons (Fsp3) is 0.900. The second-order valence-corrected chi connectivity index (χ2v) is 4.55. The fourth-order valence-electron chi connectivity index (χ4n) is 3.00. The maximum atomic E-state index is 11.5. The van der Waals surface area contributed by atoms with Crippen LogP contribution >= 0.6 is 0 Å². The van der Waals surface area contributed by atoms with Crippen molar-refractivity contribution in [3.05, 3.63) is 0 Å². The second-order valence-electron chi connectivity index (χ2n) is 4.55. The molecule has 0 aliphatic heterocycles. The Morgan fingerprint density at radius 2 is 2.18 bits per heavy atom. The Morgan fingerprint density at radius 3 is 2.45 bits per heavy atom. The number of carbonyl (C=O) groups is 1. The smallest absolute Gasteiger partial charge is 0.144 e. The van der Waals surface area contributed by atoms with E-state index in [-0.39, 0.29) is 5.41 Å². The van der Waals surface area contributed by atoms with Gasteiger partial charge in [0.05, 0.1) is 0 Å². The molecule has 1 nitrogen and oxygen atoms in total. The summed E-state index contributed by atoms with van der Waals surface area (Å²) in [6.07, 6.45) is 2.43. The molecule has 0 aromatic heterocycles. The Bertz CT molecular complexity index is 207. The summed E-state index contributed by atoms with van der Waals surface area (Å²) in [5.74, 6) is 2.25. The third kappa shape index (κ3) is 0.646. The molecule has 0 aromatic rings. The van der Waals surface area contributed by atoms with Crippen molar-refractivity contribution in [2.75, 3.05) is 0 Å². The summed E-state index contributed by atoms with van der Waals surface area (Å²) in [6, 6.07) is 0. The number of rotatable bonds is 1. The molecule has 2 fully saturated rings. The van der Waals surface area contributed by atoms with Crippen LogP contribution in [0.1, 0.15) is 33.6 Å². The molecule has 1 heteroatoms. The predicted octanol–water partition coefficient (Wildman–Crippen LogP) is 2.26. The van der Waals surface area contributed by atoms with Crippen molar-refractivity contribution in [2.24, 2.45) is 23.2 Å². The maximum Gasteiger partial charge on any atom is 0.144 e. The van der Waals surface area contributed by atoms with Crippen LogP contribution in [0.25, 0.3) is 0 Å². The summed E-state index contributed by atoms with van der Waals surface area (Å²) in [5, 5.41) is 0. The van der Waals surface area contributed by atoms with Gasteiger partial charge in [-0.25, -0.2) is 0 Å². The van der Waals surface area contributed by atoms with Gasteiger partial charge in [0.25, 0.3) is 0 Å². The van der Waals surface area contributed by atoms with Gasteiger partial charge in [0.2, 0.25) is 0 Å². The van der Waals surface area contributed by atoms with Gasteiger partial charge < -0.3 is 0 Å². The molecule has 3 atom stereocenters. The minimum Gasteiger partial charge on any atom is -0.299 e. The zero-order valence-electron chi connectivity index (χ0n) is 7.55. The number of Topliss-reactive ketones (excluding diaryl/α,β-unsaturated/α-hetero) is 1. The topological polar surface area (TPSA) is 17.1 Å². The normalized spacial score (nSPS) is 48.2.